The van der Waals surface area contributed by atoms with Crippen LogP contribution < -0.4 is 5.32 Å². The van der Waals surface area contributed by atoms with E-state index in [-0.39, 0.29) is 0 Å². The molecule has 0 saturated carbocycles. The topological polar surface area (TPSA) is 50.7 Å². The zero-order valence-electron chi connectivity index (χ0n) is 11.8. The summed E-state index contributed by atoms with van der Waals surface area (Å²) in [7, 11) is 0. The maximum atomic E-state index is 4.48. The molecule has 1 heterocycles. The summed E-state index contributed by atoms with van der Waals surface area (Å²) in [6.07, 6.45) is 5.00. The molecule has 1 atom stereocenters. The highest BCUT2D eigenvalue weighted by molar-refractivity contribution is 5.73. The van der Waals surface area contributed by atoms with E-state index in [1.807, 2.05) is 24.3 Å². The van der Waals surface area contributed by atoms with Crippen LogP contribution in [0.25, 0.3) is 11.0 Å². The Hall–Kier alpha value is -1.71. The monoisotopic (exact) mass is 258 g/mol. The molecule has 0 fully saturated rings. The third kappa shape index (κ3) is 3.88. The molecule has 0 radical (unpaired) electrons. The highest BCUT2D eigenvalue weighted by atomic mass is 15.2. The molecule has 4 nitrogen and oxygen atoms in total. The van der Waals surface area contributed by atoms with Gasteiger partial charge < -0.3 is 5.32 Å². The first-order chi connectivity index (χ1) is 9.33. The molecule has 0 spiro atoms. The Morgan fingerprint density at radius 3 is 2.63 bits per heavy atom. The van der Waals surface area contributed by atoms with Crippen molar-refractivity contribution in [3.05, 3.63) is 24.3 Å². The fourth-order valence-corrected chi connectivity index (χ4v) is 2.13. The normalized spacial score (nSPS) is 12.5. The molecule has 1 N–H and O–H groups in total. The molecule has 2 rings (SSSR count). The van der Waals surface area contributed by atoms with Gasteiger partial charge >= 0.3 is 0 Å². The number of anilines is 1. The number of nitrogens with zero attached hydrogens (tertiary/aromatic N) is 3. The molecule has 0 aliphatic heterocycles. The average Bonchev–Trinajstić information content (AvgIpc) is 2.47. The highest BCUT2D eigenvalue weighted by Crippen LogP contribution is 2.14. The second-order valence-corrected chi connectivity index (χ2v) is 4.92. The minimum absolute atomic E-state index is 0.633. The number of benzene rings is 1. The van der Waals surface area contributed by atoms with Gasteiger partial charge in [0.15, 0.2) is 0 Å². The van der Waals surface area contributed by atoms with Crippen LogP contribution in [0, 0.1) is 5.92 Å². The Kier molecular flexibility index (Phi) is 5.07. The van der Waals surface area contributed by atoms with E-state index >= 15 is 0 Å². The maximum absolute atomic E-state index is 4.48. The maximum Gasteiger partial charge on any atom is 0.243 e. The second kappa shape index (κ2) is 7.02. The van der Waals surface area contributed by atoms with Gasteiger partial charge in [-0.3, -0.25) is 0 Å². The molecule has 1 aromatic carbocycles. The highest BCUT2D eigenvalue weighted by Gasteiger charge is 2.07. The molecule has 19 heavy (non-hydrogen) atoms. The minimum Gasteiger partial charge on any atom is -0.353 e. The predicted octanol–water partition coefficient (Wildman–Crippen LogP) is 3.65. The van der Waals surface area contributed by atoms with Crippen LogP contribution in [0.15, 0.2) is 24.3 Å². The third-order valence-corrected chi connectivity index (χ3v) is 3.45. The molecule has 0 bridgehead atoms. The molecule has 0 aliphatic rings. The van der Waals surface area contributed by atoms with Crippen molar-refractivity contribution in [1.29, 1.82) is 0 Å². The Morgan fingerprint density at radius 1 is 1.11 bits per heavy atom. The Labute approximate surface area is 114 Å². The van der Waals surface area contributed by atoms with Crippen LogP contribution in [0.5, 0.6) is 0 Å². The second-order valence-electron chi connectivity index (χ2n) is 4.92. The van der Waals surface area contributed by atoms with Gasteiger partial charge in [0, 0.05) is 6.54 Å². The van der Waals surface area contributed by atoms with E-state index < -0.39 is 0 Å². The number of rotatable bonds is 7. The fraction of sp³-hybridized carbons (Fsp3) is 0.533. The zero-order chi connectivity index (χ0) is 13.5. The molecule has 2 aromatic rings. The summed E-state index contributed by atoms with van der Waals surface area (Å²) < 4.78 is 0. The molecular formula is C15H22N4. The van der Waals surface area contributed by atoms with E-state index in [9.17, 15) is 0 Å². The van der Waals surface area contributed by atoms with Crippen LogP contribution in [0.3, 0.4) is 0 Å². The van der Waals surface area contributed by atoms with Crippen molar-refractivity contribution < 1.29 is 0 Å². The van der Waals surface area contributed by atoms with Crippen molar-refractivity contribution in [1.82, 2.24) is 15.2 Å². The van der Waals surface area contributed by atoms with Gasteiger partial charge in [-0.25, -0.2) is 4.98 Å². The number of para-hydroxylation sites is 1. The molecule has 0 saturated heterocycles. The van der Waals surface area contributed by atoms with Gasteiger partial charge in [-0.15, -0.1) is 10.2 Å². The van der Waals surface area contributed by atoms with Crippen molar-refractivity contribution >= 4 is 17.0 Å². The lowest BCUT2D eigenvalue weighted by Crippen LogP contribution is -2.15. The van der Waals surface area contributed by atoms with E-state index in [1.165, 1.54) is 25.7 Å². The van der Waals surface area contributed by atoms with Gasteiger partial charge in [0.1, 0.15) is 5.52 Å². The first-order valence-electron chi connectivity index (χ1n) is 7.16. The third-order valence-electron chi connectivity index (χ3n) is 3.45. The summed E-state index contributed by atoms with van der Waals surface area (Å²) in [4.78, 5) is 4.48. The van der Waals surface area contributed by atoms with Crippen molar-refractivity contribution in [3.8, 4) is 0 Å². The van der Waals surface area contributed by atoms with Crippen molar-refractivity contribution in [2.24, 2.45) is 5.92 Å². The van der Waals surface area contributed by atoms with Crippen molar-refractivity contribution in [2.75, 3.05) is 11.9 Å². The Balaban J connectivity index is 1.96. The zero-order valence-corrected chi connectivity index (χ0v) is 11.8. The smallest absolute Gasteiger partial charge is 0.243 e. The summed E-state index contributed by atoms with van der Waals surface area (Å²) in [5, 5.41) is 11.6. The van der Waals surface area contributed by atoms with E-state index in [4.69, 9.17) is 0 Å². The number of fused-ring (bicyclic) bond motifs is 1. The van der Waals surface area contributed by atoms with E-state index in [1.54, 1.807) is 0 Å². The van der Waals surface area contributed by atoms with E-state index in [0.29, 0.717) is 11.9 Å². The van der Waals surface area contributed by atoms with Crippen LogP contribution in [0.1, 0.15) is 39.5 Å². The molecule has 0 amide bonds. The van der Waals surface area contributed by atoms with Crippen LogP contribution in [0.4, 0.5) is 5.95 Å². The molecular weight excluding hydrogens is 236 g/mol. The summed E-state index contributed by atoms with van der Waals surface area (Å²) >= 11 is 0. The lowest BCUT2D eigenvalue weighted by atomic mass is 9.99. The van der Waals surface area contributed by atoms with Gasteiger partial charge in [-0.2, -0.15) is 0 Å². The first kappa shape index (κ1) is 13.7. The average molecular weight is 258 g/mol. The van der Waals surface area contributed by atoms with Gasteiger partial charge in [0.05, 0.1) is 5.52 Å². The standard InChI is InChI=1S/C15H22N4/c1-3-5-8-12(4-2)11-16-15-17-13-9-6-7-10-14(13)18-19-15/h6-7,9-10,12H,3-5,8,11H2,1-2H3,(H,16,17,19). The lowest BCUT2D eigenvalue weighted by Gasteiger charge is -2.14. The number of aromatic nitrogens is 3. The fourth-order valence-electron chi connectivity index (χ4n) is 2.13. The molecule has 1 aromatic heterocycles. The van der Waals surface area contributed by atoms with Crippen LogP contribution in [0.2, 0.25) is 0 Å². The number of unbranched alkanes of at least 4 members (excludes halogenated alkanes) is 1. The van der Waals surface area contributed by atoms with Crippen molar-refractivity contribution in [2.45, 2.75) is 39.5 Å². The van der Waals surface area contributed by atoms with E-state index in [2.05, 4.69) is 34.3 Å². The summed E-state index contributed by atoms with van der Waals surface area (Å²) in [5.74, 6) is 1.32. The molecule has 0 aliphatic carbocycles. The van der Waals surface area contributed by atoms with Crippen LogP contribution >= 0.6 is 0 Å². The predicted molar refractivity (Wildman–Crippen MR) is 79.1 cm³/mol. The first-order valence-corrected chi connectivity index (χ1v) is 7.16. The van der Waals surface area contributed by atoms with Crippen LogP contribution in [-0.2, 0) is 0 Å². The summed E-state index contributed by atoms with van der Waals surface area (Å²) in [6.45, 7) is 5.40. The Morgan fingerprint density at radius 2 is 1.89 bits per heavy atom. The van der Waals surface area contributed by atoms with Gasteiger partial charge in [0.25, 0.3) is 0 Å². The molecule has 1 unspecified atom stereocenters. The number of nitrogens with one attached hydrogen (secondary N) is 1. The number of hydrogen-bond donors (Lipinski definition) is 1. The van der Waals surface area contributed by atoms with Gasteiger partial charge in [-0.1, -0.05) is 45.2 Å². The number of hydrogen-bond acceptors (Lipinski definition) is 4. The SMILES string of the molecule is CCCCC(CC)CNc1nnc2ccccc2n1. The molecule has 4 heteroatoms. The van der Waals surface area contributed by atoms with Crippen molar-refractivity contribution in [3.63, 3.8) is 0 Å². The molecule has 102 valence electrons. The van der Waals surface area contributed by atoms with Gasteiger partial charge in [0.2, 0.25) is 5.95 Å². The summed E-state index contributed by atoms with van der Waals surface area (Å²) in [6, 6.07) is 7.80. The van der Waals surface area contributed by atoms with Gasteiger partial charge in [-0.05, 0) is 24.5 Å². The quantitative estimate of drug-likeness (QED) is 0.823. The Bertz CT molecular complexity index is 512. The van der Waals surface area contributed by atoms with E-state index in [0.717, 1.165) is 17.6 Å². The largest absolute Gasteiger partial charge is 0.353 e. The lowest BCUT2D eigenvalue weighted by molar-refractivity contribution is 0.471. The summed E-state index contributed by atoms with van der Waals surface area (Å²) in [5.41, 5.74) is 1.73. The minimum atomic E-state index is 0.633. The van der Waals surface area contributed by atoms with Crippen LogP contribution in [-0.4, -0.2) is 21.7 Å².